The lowest BCUT2D eigenvalue weighted by molar-refractivity contribution is 0.0704. The Morgan fingerprint density at radius 2 is 2.06 bits per heavy atom. The van der Waals surface area contributed by atoms with Crippen LogP contribution < -0.4 is 0 Å². The molecule has 1 amide bonds. The molecule has 0 unspecified atom stereocenters. The largest absolute Gasteiger partial charge is 0.450 e. The molecular weight excluding hydrogens is 230 g/mol. The molecule has 0 saturated carbocycles. The SMILES string of the molecule is CCOC(=O)N(CC)[C@]1(C)CCS(=O)(=O)C1. The smallest absolute Gasteiger partial charge is 0.410 e. The van der Waals surface area contributed by atoms with Crippen LogP contribution in [0.2, 0.25) is 0 Å². The highest BCUT2D eigenvalue weighted by atomic mass is 32.2. The molecule has 0 radical (unpaired) electrons. The van der Waals surface area contributed by atoms with Gasteiger partial charge in [-0.15, -0.1) is 0 Å². The van der Waals surface area contributed by atoms with E-state index in [9.17, 15) is 13.2 Å². The van der Waals surface area contributed by atoms with Crippen molar-refractivity contribution in [2.75, 3.05) is 24.7 Å². The van der Waals surface area contributed by atoms with Crippen LogP contribution in [0.15, 0.2) is 0 Å². The molecule has 0 aromatic carbocycles. The highest BCUT2D eigenvalue weighted by molar-refractivity contribution is 7.91. The van der Waals surface area contributed by atoms with Crippen molar-refractivity contribution in [2.24, 2.45) is 0 Å². The first-order chi connectivity index (χ1) is 7.34. The topological polar surface area (TPSA) is 63.7 Å². The van der Waals surface area contributed by atoms with Crippen LogP contribution in [0.25, 0.3) is 0 Å². The van der Waals surface area contributed by atoms with Crippen molar-refractivity contribution < 1.29 is 17.9 Å². The fourth-order valence-corrected chi connectivity index (χ4v) is 4.28. The van der Waals surface area contributed by atoms with Crippen LogP contribution in [-0.4, -0.2) is 49.6 Å². The molecule has 0 bridgehead atoms. The average Bonchev–Trinajstić information content (AvgIpc) is 2.42. The lowest BCUT2D eigenvalue weighted by atomic mass is 10.00. The van der Waals surface area contributed by atoms with Gasteiger partial charge in [0.1, 0.15) is 0 Å². The number of ether oxygens (including phenoxy) is 1. The van der Waals surface area contributed by atoms with Gasteiger partial charge in [-0.05, 0) is 27.2 Å². The van der Waals surface area contributed by atoms with Gasteiger partial charge in [-0.3, -0.25) is 0 Å². The van der Waals surface area contributed by atoms with E-state index in [1.165, 1.54) is 4.90 Å². The average molecular weight is 249 g/mol. The zero-order chi connectivity index (χ0) is 12.4. The van der Waals surface area contributed by atoms with Gasteiger partial charge in [0, 0.05) is 6.54 Å². The molecule has 1 heterocycles. The van der Waals surface area contributed by atoms with Crippen LogP contribution in [0.1, 0.15) is 27.2 Å². The number of carbonyl (C=O) groups is 1. The van der Waals surface area contributed by atoms with Gasteiger partial charge in [-0.25, -0.2) is 13.2 Å². The monoisotopic (exact) mass is 249 g/mol. The molecule has 0 aliphatic carbocycles. The van der Waals surface area contributed by atoms with Gasteiger partial charge >= 0.3 is 6.09 Å². The van der Waals surface area contributed by atoms with Gasteiger partial charge in [0.25, 0.3) is 0 Å². The third kappa shape index (κ3) is 2.66. The Hall–Kier alpha value is -0.780. The maximum atomic E-state index is 11.7. The minimum atomic E-state index is -3.01. The Labute approximate surface area is 96.7 Å². The van der Waals surface area contributed by atoms with Gasteiger partial charge in [-0.1, -0.05) is 0 Å². The summed E-state index contributed by atoms with van der Waals surface area (Å²) in [5, 5.41) is 0. The van der Waals surface area contributed by atoms with Crippen molar-refractivity contribution in [3.63, 3.8) is 0 Å². The Morgan fingerprint density at radius 1 is 1.44 bits per heavy atom. The molecule has 1 aliphatic heterocycles. The van der Waals surface area contributed by atoms with E-state index in [2.05, 4.69) is 0 Å². The summed E-state index contributed by atoms with van der Waals surface area (Å²) in [5.74, 6) is 0.187. The standard InChI is InChI=1S/C10H19NO4S/c1-4-11(9(12)15-5-2)10(3)6-7-16(13,14)8-10/h4-8H2,1-3H3/t10-/m1/s1. The summed E-state index contributed by atoms with van der Waals surface area (Å²) in [7, 11) is -3.01. The van der Waals surface area contributed by atoms with Crippen molar-refractivity contribution in [1.82, 2.24) is 4.90 Å². The lowest BCUT2D eigenvalue weighted by Crippen LogP contribution is -2.50. The number of sulfone groups is 1. The molecule has 16 heavy (non-hydrogen) atoms. The van der Waals surface area contributed by atoms with E-state index >= 15 is 0 Å². The first-order valence-corrected chi connectivity index (χ1v) is 7.31. The zero-order valence-corrected chi connectivity index (χ0v) is 10.8. The van der Waals surface area contributed by atoms with Gasteiger partial charge < -0.3 is 9.64 Å². The Bertz CT molecular complexity index is 365. The molecule has 1 atom stereocenters. The molecule has 6 heteroatoms. The molecule has 1 rings (SSSR count). The molecule has 1 saturated heterocycles. The van der Waals surface area contributed by atoms with Crippen LogP contribution in [0.3, 0.4) is 0 Å². The van der Waals surface area contributed by atoms with E-state index in [4.69, 9.17) is 4.74 Å². The second kappa shape index (κ2) is 4.61. The van der Waals surface area contributed by atoms with Crippen molar-refractivity contribution >= 4 is 15.9 Å². The summed E-state index contributed by atoms with van der Waals surface area (Å²) in [6.45, 7) is 6.13. The Balaban J connectivity index is 2.85. The van der Waals surface area contributed by atoms with E-state index in [0.717, 1.165) is 0 Å². The summed E-state index contributed by atoms with van der Waals surface area (Å²) in [5.41, 5.74) is -0.611. The minimum Gasteiger partial charge on any atom is -0.450 e. The summed E-state index contributed by atoms with van der Waals surface area (Å²) in [6.07, 6.45) is 0.0618. The maximum absolute atomic E-state index is 11.7. The second-order valence-corrected chi connectivity index (χ2v) is 6.47. The molecule has 0 N–H and O–H groups in total. The van der Waals surface area contributed by atoms with E-state index < -0.39 is 21.5 Å². The summed E-state index contributed by atoms with van der Waals surface area (Å²) >= 11 is 0. The van der Waals surface area contributed by atoms with E-state index in [1.54, 1.807) is 13.8 Å². The fraction of sp³-hybridized carbons (Fsp3) is 0.900. The third-order valence-corrected chi connectivity index (χ3v) is 4.83. The Morgan fingerprint density at radius 3 is 2.44 bits per heavy atom. The highest BCUT2D eigenvalue weighted by Gasteiger charge is 2.44. The summed E-state index contributed by atoms with van der Waals surface area (Å²) in [6, 6.07) is 0. The number of nitrogens with zero attached hydrogens (tertiary/aromatic N) is 1. The van der Waals surface area contributed by atoms with E-state index in [-0.39, 0.29) is 11.5 Å². The molecule has 1 fully saturated rings. The van der Waals surface area contributed by atoms with Gasteiger partial charge in [0.05, 0.1) is 23.7 Å². The van der Waals surface area contributed by atoms with Gasteiger partial charge in [0.2, 0.25) is 0 Å². The highest BCUT2D eigenvalue weighted by Crippen LogP contribution is 2.29. The van der Waals surface area contributed by atoms with Gasteiger partial charge in [0.15, 0.2) is 9.84 Å². The number of rotatable bonds is 3. The molecule has 94 valence electrons. The van der Waals surface area contributed by atoms with E-state index in [1.807, 2.05) is 6.92 Å². The van der Waals surface area contributed by atoms with Crippen LogP contribution in [0.4, 0.5) is 4.79 Å². The van der Waals surface area contributed by atoms with Crippen molar-refractivity contribution in [3.8, 4) is 0 Å². The van der Waals surface area contributed by atoms with Crippen molar-refractivity contribution in [1.29, 1.82) is 0 Å². The molecule has 0 spiro atoms. The number of carbonyl (C=O) groups excluding carboxylic acids is 1. The Kier molecular flexibility index (Phi) is 3.83. The number of hydrogen-bond donors (Lipinski definition) is 0. The predicted molar refractivity (Wildman–Crippen MR) is 61.1 cm³/mol. The third-order valence-electron chi connectivity index (χ3n) is 2.94. The van der Waals surface area contributed by atoms with Crippen LogP contribution in [0, 0.1) is 0 Å². The predicted octanol–water partition coefficient (Wildman–Crippen LogP) is 1.04. The first kappa shape index (κ1) is 13.3. The van der Waals surface area contributed by atoms with Crippen LogP contribution in [-0.2, 0) is 14.6 Å². The fourth-order valence-electron chi connectivity index (χ4n) is 2.14. The second-order valence-electron chi connectivity index (χ2n) is 4.28. The molecule has 0 aromatic heterocycles. The quantitative estimate of drug-likeness (QED) is 0.749. The summed E-state index contributed by atoms with van der Waals surface area (Å²) in [4.78, 5) is 13.2. The van der Waals surface area contributed by atoms with Crippen molar-refractivity contribution in [3.05, 3.63) is 0 Å². The normalized spacial score (nSPS) is 27.7. The van der Waals surface area contributed by atoms with Crippen molar-refractivity contribution in [2.45, 2.75) is 32.7 Å². The molecule has 5 nitrogen and oxygen atoms in total. The van der Waals surface area contributed by atoms with E-state index in [0.29, 0.717) is 19.6 Å². The molecule has 1 aliphatic rings. The maximum Gasteiger partial charge on any atom is 0.410 e. The zero-order valence-electron chi connectivity index (χ0n) is 10.0. The van der Waals surface area contributed by atoms with Crippen LogP contribution in [0.5, 0.6) is 0 Å². The number of hydrogen-bond acceptors (Lipinski definition) is 4. The summed E-state index contributed by atoms with van der Waals surface area (Å²) < 4.78 is 27.9. The first-order valence-electron chi connectivity index (χ1n) is 5.49. The lowest BCUT2D eigenvalue weighted by Gasteiger charge is -2.35. The van der Waals surface area contributed by atoms with Gasteiger partial charge in [-0.2, -0.15) is 0 Å². The number of amides is 1. The molecule has 0 aromatic rings. The van der Waals surface area contributed by atoms with Crippen LogP contribution >= 0.6 is 0 Å². The minimum absolute atomic E-state index is 0.0344. The molecular formula is C10H19NO4S.